The van der Waals surface area contributed by atoms with Gasteiger partial charge in [-0.15, -0.1) is 0 Å². The number of rotatable bonds is 3. The molecule has 0 aliphatic carbocycles. The highest BCUT2D eigenvalue weighted by molar-refractivity contribution is 5.84. The fourth-order valence-corrected chi connectivity index (χ4v) is 3.40. The first kappa shape index (κ1) is 16.9. The molecule has 136 valence electrons. The summed E-state index contributed by atoms with van der Waals surface area (Å²) in [6, 6.07) is 7.93. The Hall–Kier alpha value is -3.53. The average molecular weight is 361 g/mol. The maximum atomic E-state index is 9.67. The second kappa shape index (κ2) is 6.65. The molecule has 0 saturated carbocycles. The van der Waals surface area contributed by atoms with Gasteiger partial charge in [-0.05, 0) is 30.2 Å². The Kier molecular flexibility index (Phi) is 4.16. The van der Waals surface area contributed by atoms with Crippen molar-refractivity contribution in [3.05, 3.63) is 41.7 Å². The van der Waals surface area contributed by atoms with E-state index in [2.05, 4.69) is 16.2 Å². The largest absolute Gasteiger partial charge is 0.486 e. The molecule has 7 nitrogen and oxygen atoms in total. The number of pyridine rings is 1. The predicted octanol–water partition coefficient (Wildman–Crippen LogP) is 2.94. The maximum absolute atomic E-state index is 9.67. The molecule has 0 amide bonds. The first-order chi connectivity index (χ1) is 13.1. The topological polar surface area (TPSA) is 99.0 Å². The summed E-state index contributed by atoms with van der Waals surface area (Å²) < 4.78 is 13.0. The van der Waals surface area contributed by atoms with E-state index < -0.39 is 0 Å². The highest BCUT2D eigenvalue weighted by Crippen LogP contribution is 2.39. The number of anilines is 1. The molecule has 4 rings (SSSR count). The van der Waals surface area contributed by atoms with Crippen LogP contribution in [0.4, 0.5) is 5.82 Å². The lowest BCUT2D eigenvalue weighted by molar-refractivity contribution is 0.171. The minimum atomic E-state index is 0.207. The Labute approximate surface area is 157 Å². The molecule has 2 N–H and O–H groups in total. The molecule has 3 aromatic rings. The SMILES string of the molecule is CCc1c(-c2ccc3c(c2)OCCO3)nc(N)c(C#N)c1-c1cnn(C)c1. The maximum Gasteiger partial charge on any atom is 0.162 e. The van der Waals surface area contributed by atoms with E-state index in [4.69, 9.17) is 15.2 Å². The average Bonchev–Trinajstić information content (AvgIpc) is 3.12. The van der Waals surface area contributed by atoms with Gasteiger partial charge >= 0.3 is 0 Å². The number of fused-ring (bicyclic) bond motifs is 1. The fourth-order valence-electron chi connectivity index (χ4n) is 3.40. The Morgan fingerprint density at radius 1 is 1.22 bits per heavy atom. The molecule has 3 heterocycles. The van der Waals surface area contributed by atoms with Crippen LogP contribution in [-0.2, 0) is 13.5 Å². The monoisotopic (exact) mass is 361 g/mol. The molecule has 0 radical (unpaired) electrons. The van der Waals surface area contributed by atoms with E-state index in [-0.39, 0.29) is 5.82 Å². The zero-order valence-corrected chi connectivity index (χ0v) is 15.2. The van der Waals surface area contributed by atoms with Crippen molar-refractivity contribution in [2.75, 3.05) is 18.9 Å². The predicted molar refractivity (Wildman–Crippen MR) is 101 cm³/mol. The van der Waals surface area contributed by atoms with Gasteiger partial charge in [0.15, 0.2) is 11.5 Å². The van der Waals surface area contributed by atoms with Crippen LogP contribution in [0.1, 0.15) is 18.1 Å². The number of benzene rings is 1. The first-order valence-corrected chi connectivity index (χ1v) is 8.73. The Balaban J connectivity index is 1.97. The van der Waals surface area contributed by atoms with Crippen molar-refractivity contribution in [3.63, 3.8) is 0 Å². The number of nitriles is 1. The van der Waals surface area contributed by atoms with Crippen LogP contribution in [-0.4, -0.2) is 28.0 Å². The minimum Gasteiger partial charge on any atom is -0.486 e. The summed E-state index contributed by atoms with van der Waals surface area (Å²) in [4.78, 5) is 4.56. The van der Waals surface area contributed by atoms with Crippen LogP contribution in [0.3, 0.4) is 0 Å². The van der Waals surface area contributed by atoms with Crippen molar-refractivity contribution in [1.29, 1.82) is 5.26 Å². The lowest BCUT2D eigenvalue weighted by Crippen LogP contribution is -2.15. The molecule has 2 aromatic heterocycles. The van der Waals surface area contributed by atoms with E-state index in [9.17, 15) is 5.26 Å². The molecule has 1 aliphatic heterocycles. The van der Waals surface area contributed by atoms with Crippen molar-refractivity contribution in [3.8, 4) is 40.0 Å². The van der Waals surface area contributed by atoms with Crippen molar-refractivity contribution in [1.82, 2.24) is 14.8 Å². The molecule has 0 spiro atoms. The number of nitrogens with two attached hydrogens (primary N) is 1. The summed E-state index contributed by atoms with van der Waals surface area (Å²) in [5.74, 6) is 1.61. The fraction of sp³-hybridized carbons (Fsp3) is 0.250. The first-order valence-electron chi connectivity index (χ1n) is 8.73. The molecule has 0 saturated heterocycles. The number of aromatic nitrogens is 3. The van der Waals surface area contributed by atoms with Crippen LogP contribution < -0.4 is 15.2 Å². The van der Waals surface area contributed by atoms with Crippen LogP contribution >= 0.6 is 0 Å². The van der Waals surface area contributed by atoms with Crippen molar-refractivity contribution in [2.45, 2.75) is 13.3 Å². The highest BCUT2D eigenvalue weighted by Gasteiger charge is 2.22. The number of aryl methyl sites for hydroxylation is 1. The number of nitrogen functional groups attached to an aromatic ring is 1. The third kappa shape index (κ3) is 2.85. The molecule has 0 unspecified atom stereocenters. The van der Waals surface area contributed by atoms with Crippen molar-refractivity contribution < 1.29 is 9.47 Å². The summed E-state index contributed by atoms with van der Waals surface area (Å²) in [6.07, 6.45) is 4.31. The summed E-state index contributed by atoms with van der Waals surface area (Å²) in [7, 11) is 1.84. The standard InChI is InChI=1S/C20H19N5O2/c1-3-14-18(13-10-23-25(2)11-13)15(9-21)20(22)24-19(14)12-4-5-16-17(8-12)27-7-6-26-16/h4-5,8,10-11H,3,6-7H2,1-2H3,(H2,22,24). The van der Waals surface area contributed by atoms with Crippen LogP contribution in [0.15, 0.2) is 30.6 Å². The van der Waals surface area contributed by atoms with Crippen LogP contribution in [0, 0.1) is 11.3 Å². The Morgan fingerprint density at radius 2 is 2.00 bits per heavy atom. The number of hydrogen-bond acceptors (Lipinski definition) is 6. The molecular weight excluding hydrogens is 342 g/mol. The summed E-state index contributed by atoms with van der Waals surface area (Å²) in [6.45, 7) is 3.09. The molecule has 0 fully saturated rings. The van der Waals surface area contributed by atoms with E-state index in [1.807, 2.05) is 38.4 Å². The summed E-state index contributed by atoms with van der Waals surface area (Å²) in [5.41, 5.74) is 10.7. The molecular formula is C20H19N5O2. The number of hydrogen-bond donors (Lipinski definition) is 1. The van der Waals surface area contributed by atoms with Gasteiger partial charge in [0, 0.05) is 29.9 Å². The number of nitrogens with zero attached hydrogens (tertiary/aromatic N) is 4. The second-order valence-corrected chi connectivity index (χ2v) is 6.30. The Morgan fingerprint density at radius 3 is 2.67 bits per heavy atom. The molecule has 0 atom stereocenters. The highest BCUT2D eigenvalue weighted by atomic mass is 16.6. The normalized spacial score (nSPS) is 12.6. The third-order valence-corrected chi connectivity index (χ3v) is 4.60. The molecule has 1 aliphatic rings. The molecule has 7 heteroatoms. The van der Waals surface area contributed by atoms with Gasteiger partial charge in [0.1, 0.15) is 30.7 Å². The van der Waals surface area contributed by atoms with E-state index in [1.54, 1.807) is 10.9 Å². The van der Waals surface area contributed by atoms with Crippen molar-refractivity contribution in [2.24, 2.45) is 7.05 Å². The van der Waals surface area contributed by atoms with Crippen LogP contribution in [0.2, 0.25) is 0 Å². The van der Waals surface area contributed by atoms with Crippen LogP contribution in [0.25, 0.3) is 22.4 Å². The summed E-state index contributed by atoms with van der Waals surface area (Å²) in [5, 5.41) is 13.9. The van der Waals surface area contributed by atoms with E-state index >= 15 is 0 Å². The third-order valence-electron chi connectivity index (χ3n) is 4.60. The van der Waals surface area contributed by atoms with Gasteiger partial charge < -0.3 is 15.2 Å². The minimum absolute atomic E-state index is 0.207. The smallest absolute Gasteiger partial charge is 0.162 e. The molecule has 1 aromatic carbocycles. The summed E-state index contributed by atoms with van der Waals surface area (Å²) >= 11 is 0. The second-order valence-electron chi connectivity index (χ2n) is 6.30. The number of ether oxygens (including phenoxy) is 2. The van der Waals surface area contributed by atoms with Gasteiger partial charge in [-0.25, -0.2) is 4.98 Å². The van der Waals surface area contributed by atoms with E-state index in [1.165, 1.54) is 0 Å². The zero-order chi connectivity index (χ0) is 19.0. The van der Waals surface area contributed by atoms with E-state index in [0.29, 0.717) is 30.9 Å². The zero-order valence-electron chi connectivity index (χ0n) is 15.2. The van der Waals surface area contributed by atoms with Gasteiger partial charge in [-0.3, -0.25) is 4.68 Å². The quantitative estimate of drug-likeness (QED) is 0.770. The van der Waals surface area contributed by atoms with Crippen molar-refractivity contribution >= 4 is 5.82 Å². The van der Waals surface area contributed by atoms with Gasteiger partial charge in [-0.2, -0.15) is 10.4 Å². The van der Waals surface area contributed by atoms with Gasteiger partial charge in [0.2, 0.25) is 0 Å². The van der Waals surface area contributed by atoms with Gasteiger partial charge in [0.25, 0.3) is 0 Å². The van der Waals surface area contributed by atoms with Gasteiger partial charge in [-0.1, -0.05) is 6.92 Å². The van der Waals surface area contributed by atoms with E-state index in [0.717, 1.165) is 33.7 Å². The molecule has 0 bridgehead atoms. The lowest BCUT2D eigenvalue weighted by Gasteiger charge is -2.20. The van der Waals surface area contributed by atoms with Gasteiger partial charge in [0.05, 0.1) is 11.9 Å². The molecule has 27 heavy (non-hydrogen) atoms. The van der Waals surface area contributed by atoms with Crippen LogP contribution in [0.5, 0.6) is 11.5 Å². The Bertz CT molecular complexity index is 1060. The lowest BCUT2D eigenvalue weighted by atomic mass is 9.92.